The van der Waals surface area contributed by atoms with Crippen molar-refractivity contribution in [2.24, 2.45) is 0 Å². The number of carbonyl (C=O) groups is 2. The molecule has 16 nitrogen and oxygen atoms in total. The van der Waals surface area contributed by atoms with Crippen LogP contribution in [0, 0.1) is 22.7 Å². The van der Waals surface area contributed by atoms with Gasteiger partial charge in [0, 0.05) is 56.4 Å². The Balaban J connectivity index is 0.000000185. The number of alkyl halides is 5. The lowest BCUT2D eigenvalue weighted by atomic mass is 9.76. The Morgan fingerprint density at radius 1 is 0.735 bits per heavy atom. The summed E-state index contributed by atoms with van der Waals surface area (Å²) in [6.45, 7) is -4.41. The minimum Gasteiger partial charge on any atom is -0.496 e. The lowest BCUT2D eigenvalue weighted by Crippen LogP contribution is -2.32. The molecule has 0 spiro atoms. The number of aromatic carboxylic acids is 1. The zero-order valence-electron chi connectivity index (χ0n) is 36.4. The molecule has 68 heavy (non-hydrogen) atoms. The Morgan fingerprint density at radius 3 is 1.53 bits per heavy atom. The van der Waals surface area contributed by atoms with Crippen molar-refractivity contribution in [3.63, 3.8) is 0 Å². The number of carboxylic acids is 1. The number of fused-ring (bicyclic) bond motifs is 2. The molecule has 1 amide bonds. The Morgan fingerprint density at radius 2 is 1.15 bits per heavy atom. The third-order valence-electron chi connectivity index (χ3n) is 12.4. The van der Waals surface area contributed by atoms with Crippen LogP contribution in [0.25, 0.3) is 33.3 Å². The van der Waals surface area contributed by atoms with Gasteiger partial charge in [0.25, 0.3) is 5.91 Å². The van der Waals surface area contributed by atoms with E-state index in [1.165, 1.54) is 44.7 Å². The van der Waals surface area contributed by atoms with E-state index in [2.05, 4.69) is 37.1 Å². The number of ether oxygens (including phenoxy) is 6. The van der Waals surface area contributed by atoms with E-state index in [0.29, 0.717) is 85.4 Å². The number of methoxy groups -OCH3 is 2. The molecule has 0 radical (unpaired) electrons. The van der Waals surface area contributed by atoms with Crippen LogP contribution in [0.2, 0.25) is 0 Å². The number of benzene rings is 2. The average Bonchev–Trinajstić information content (AvgIpc) is 3.65. The van der Waals surface area contributed by atoms with Gasteiger partial charge in [-0.15, -0.1) is 0 Å². The summed E-state index contributed by atoms with van der Waals surface area (Å²) in [7, 11) is 2.55. The normalized spacial score (nSPS) is 18.2. The van der Waals surface area contributed by atoms with Crippen LogP contribution in [0.15, 0.2) is 73.3 Å². The number of nitriles is 2. The van der Waals surface area contributed by atoms with Gasteiger partial charge in [-0.3, -0.25) is 4.79 Å². The van der Waals surface area contributed by atoms with Crippen LogP contribution < -0.4 is 24.3 Å². The van der Waals surface area contributed by atoms with Crippen molar-refractivity contribution in [2.45, 2.75) is 68.4 Å². The number of halogens is 5. The molecule has 354 valence electrons. The first-order valence-corrected chi connectivity index (χ1v) is 21.2. The number of carbonyl (C=O) groups excluding carboxylic acids is 1. The van der Waals surface area contributed by atoms with Gasteiger partial charge in [0.2, 0.25) is 0 Å². The van der Waals surface area contributed by atoms with Gasteiger partial charge >= 0.3 is 19.2 Å². The molecule has 2 atom stereocenters. The predicted octanol–water partition coefficient (Wildman–Crippen LogP) is 7.90. The summed E-state index contributed by atoms with van der Waals surface area (Å²) in [6.07, 6.45) is 7.94. The molecular formula is C47H42F5N7O9. The van der Waals surface area contributed by atoms with Crippen molar-refractivity contribution in [3.8, 4) is 57.4 Å². The number of aromatic nitrogens is 4. The maximum absolute atomic E-state index is 13.3. The molecule has 3 aliphatic rings. The van der Waals surface area contributed by atoms with Crippen molar-refractivity contribution in [1.29, 1.82) is 10.5 Å². The Hall–Kier alpha value is -7.49. The molecule has 6 aromatic rings. The Labute approximate surface area is 384 Å². The third kappa shape index (κ3) is 9.27. The summed E-state index contributed by atoms with van der Waals surface area (Å²) < 4.78 is 99.2. The molecule has 2 aromatic carbocycles. The van der Waals surface area contributed by atoms with Gasteiger partial charge in [0.05, 0.1) is 66.7 Å². The third-order valence-corrected chi connectivity index (χ3v) is 12.4. The second kappa shape index (κ2) is 19.4. The van der Waals surface area contributed by atoms with E-state index in [1.54, 1.807) is 39.8 Å². The summed E-state index contributed by atoms with van der Waals surface area (Å²) in [5.41, 5.74) is 2.81. The van der Waals surface area contributed by atoms with E-state index in [4.69, 9.17) is 18.9 Å². The van der Waals surface area contributed by atoms with Crippen molar-refractivity contribution in [1.82, 2.24) is 24.5 Å². The summed E-state index contributed by atoms with van der Waals surface area (Å²) in [5, 5.41) is 40.3. The highest BCUT2D eigenvalue weighted by Crippen LogP contribution is 2.42. The number of carboxylic acid groups (broad SMARTS) is 1. The number of hydrogen-bond acceptors (Lipinski definition) is 12. The molecule has 2 N–H and O–H groups in total. The molecule has 2 aliphatic heterocycles. The standard InChI is InChI=1S/C25H23F3N4O4.C22H19F2N3O5/c1-34-20-8-14(9-21(36-24(27)28)22(20)23(33)31-18-10-17(18)26)16-11-30-32-12-15(2-3-19(16)32)25(13-29)4-6-35-7-5-25;1-30-17-8-13(9-18(32-21(23)24)19(17)20(28)29)15-10-26-27-11-14(2-3-16(15)27)22(12-25)4-6-31-7-5-22/h2-3,8-9,11-12,17-18,24H,4-7,10H2,1H3,(H,31,33);2-3,8-11,21H,4-7H2,1H3,(H,28,29)/t17-,18+;/m0./s1. The van der Waals surface area contributed by atoms with E-state index >= 15 is 0 Å². The first-order valence-electron chi connectivity index (χ1n) is 21.2. The molecule has 1 aliphatic carbocycles. The monoisotopic (exact) mass is 943 g/mol. The lowest BCUT2D eigenvalue weighted by Gasteiger charge is -2.30. The second-order valence-electron chi connectivity index (χ2n) is 16.2. The number of nitrogens with zero attached hydrogens (tertiary/aromatic N) is 6. The highest BCUT2D eigenvalue weighted by Gasteiger charge is 2.40. The SMILES string of the molecule is COc1cc(-c2cnn3cc(C4(C#N)CCOCC4)ccc23)cc(OC(F)F)c1C(=O)N[C@@H]1C[C@@H]1F.COc1cc(-c2cnn3cc(C4(C#N)CCOCC4)ccc23)cc(OC(F)F)c1C(=O)O. The van der Waals surface area contributed by atoms with Crippen LogP contribution in [0.3, 0.4) is 0 Å². The van der Waals surface area contributed by atoms with E-state index in [9.17, 15) is 47.2 Å². The zero-order valence-corrected chi connectivity index (χ0v) is 36.4. The number of hydrogen-bond donors (Lipinski definition) is 2. The van der Waals surface area contributed by atoms with Crippen LogP contribution in [-0.4, -0.2) is 102 Å². The number of amides is 1. The van der Waals surface area contributed by atoms with Gasteiger partial charge in [-0.2, -0.15) is 38.3 Å². The fraction of sp³-hybridized carbons (Fsp3) is 0.362. The van der Waals surface area contributed by atoms with Crippen molar-refractivity contribution in [3.05, 3.63) is 95.6 Å². The molecule has 9 rings (SSSR count). The van der Waals surface area contributed by atoms with E-state index in [0.717, 1.165) is 11.1 Å². The molecule has 4 aromatic heterocycles. The predicted molar refractivity (Wildman–Crippen MR) is 230 cm³/mol. The van der Waals surface area contributed by atoms with Crippen molar-refractivity contribution >= 4 is 22.9 Å². The minimum absolute atomic E-state index is 0.00156. The maximum atomic E-state index is 13.3. The molecule has 0 unspecified atom stereocenters. The van der Waals surface area contributed by atoms with Crippen LogP contribution in [-0.2, 0) is 20.3 Å². The number of nitrogens with one attached hydrogen (secondary N) is 1. The van der Waals surface area contributed by atoms with Gasteiger partial charge in [-0.25, -0.2) is 18.2 Å². The number of pyridine rings is 2. The summed E-state index contributed by atoms with van der Waals surface area (Å²) in [5.74, 6) is -3.24. The van der Waals surface area contributed by atoms with Gasteiger partial charge in [-0.1, -0.05) is 12.1 Å². The smallest absolute Gasteiger partial charge is 0.387 e. The Kier molecular flexibility index (Phi) is 13.4. The zero-order chi connectivity index (χ0) is 48.3. The van der Waals surface area contributed by atoms with Crippen molar-refractivity contribution < 1.29 is 65.1 Å². The first-order chi connectivity index (χ1) is 32.7. The first kappa shape index (κ1) is 47.0. The fourth-order valence-corrected chi connectivity index (χ4v) is 8.53. The van der Waals surface area contributed by atoms with Crippen molar-refractivity contribution in [2.75, 3.05) is 40.6 Å². The largest absolute Gasteiger partial charge is 0.496 e. The summed E-state index contributed by atoms with van der Waals surface area (Å²) in [4.78, 5) is 24.3. The van der Waals surface area contributed by atoms with E-state index in [-0.39, 0.29) is 23.5 Å². The molecule has 2 saturated heterocycles. The lowest BCUT2D eigenvalue weighted by molar-refractivity contribution is -0.0511. The van der Waals surface area contributed by atoms with Crippen LogP contribution >= 0.6 is 0 Å². The van der Waals surface area contributed by atoms with Gasteiger partial charge in [0.15, 0.2) is 0 Å². The van der Waals surface area contributed by atoms with Gasteiger partial charge in [-0.05, 0) is 84.3 Å². The highest BCUT2D eigenvalue weighted by molar-refractivity contribution is 6.01. The second-order valence-corrected chi connectivity index (χ2v) is 16.2. The fourth-order valence-electron chi connectivity index (χ4n) is 8.53. The highest BCUT2D eigenvalue weighted by atomic mass is 19.3. The van der Waals surface area contributed by atoms with Crippen LogP contribution in [0.1, 0.15) is 63.9 Å². The van der Waals surface area contributed by atoms with E-state index < -0.39 is 65.2 Å². The molecule has 0 bridgehead atoms. The van der Waals surface area contributed by atoms with Gasteiger partial charge in [0.1, 0.15) is 40.3 Å². The maximum Gasteiger partial charge on any atom is 0.387 e. The molecule has 21 heteroatoms. The van der Waals surface area contributed by atoms with E-state index in [1.807, 2.05) is 12.1 Å². The molecular weight excluding hydrogens is 902 g/mol. The quantitative estimate of drug-likeness (QED) is 0.106. The van der Waals surface area contributed by atoms with Crippen LogP contribution in [0.4, 0.5) is 22.0 Å². The molecule has 6 heterocycles. The Bertz CT molecular complexity index is 2950. The average molecular weight is 944 g/mol. The van der Waals surface area contributed by atoms with Crippen LogP contribution in [0.5, 0.6) is 23.0 Å². The number of rotatable bonds is 13. The minimum atomic E-state index is -3.21. The van der Waals surface area contributed by atoms with Gasteiger partial charge < -0.3 is 38.8 Å². The summed E-state index contributed by atoms with van der Waals surface area (Å²) >= 11 is 0. The molecule has 3 fully saturated rings. The summed E-state index contributed by atoms with van der Waals surface area (Å²) in [6, 6.07) is 17.0. The molecule has 1 saturated carbocycles. The topological polar surface area (TPSA) is 204 Å².